The van der Waals surface area contributed by atoms with Crippen molar-refractivity contribution in [2.75, 3.05) is 0 Å². The summed E-state index contributed by atoms with van der Waals surface area (Å²) >= 11 is 0. The fraction of sp³-hybridized carbons (Fsp3) is 0.200. The molecule has 0 amide bonds. The average molecular weight is 198 g/mol. The first kappa shape index (κ1) is 10.1. The van der Waals surface area contributed by atoms with Gasteiger partial charge in [0.25, 0.3) is 0 Å². The van der Waals surface area contributed by atoms with E-state index in [9.17, 15) is 8.22 Å². The Hall–Kier alpha value is -0.963. The summed E-state index contributed by atoms with van der Waals surface area (Å²) < 4.78 is 23.7. The van der Waals surface area contributed by atoms with E-state index in [2.05, 4.69) is 0 Å². The summed E-state index contributed by atoms with van der Waals surface area (Å²) in [6.45, 7) is 0. The third kappa shape index (κ3) is 4.57. The maximum Gasteiger partial charge on any atom is 0.415 e. The Morgan fingerprint density at radius 1 is 1.08 bits per heavy atom. The molecule has 0 saturated heterocycles. The van der Waals surface area contributed by atoms with Crippen LogP contribution in [-0.4, -0.2) is 9.46 Å². The molecule has 0 aliphatic heterocycles. The number of halogens is 2. The minimum absolute atomic E-state index is 0.00711. The zero-order valence-corrected chi connectivity index (χ0v) is 8.44. The Balaban J connectivity index is 2.31. The summed E-state index contributed by atoms with van der Waals surface area (Å²) in [6, 6.07) is 9.82. The summed E-state index contributed by atoms with van der Waals surface area (Å²) in [5, 5.41) is 0. The molecule has 0 radical (unpaired) electrons. The highest BCUT2D eigenvalue weighted by Gasteiger charge is 2.01. The van der Waals surface area contributed by atoms with Gasteiger partial charge in [-0.3, -0.25) is 8.22 Å². The zero-order chi connectivity index (χ0) is 9.52. The van der Waals surface area contributed by atoms with Crippen LogP contribution in [0.5, 0.6) is 0 Å². The highest BCUT2D eigenvalue weighted by Crippen LogP contribution is 2.02. The van der Waals surface area contributed by atoms with Crippen LogP contribution < -0.4 is 0 Å². The summed E-state index contributed by atoms with van der Waals surface area (Å²) in [5.74, 6) is 0. The molecule has 1 aromatic rings. The Bertz CT molecular complexity index is 257. The van der Waals surface area contributed by atoms with Crippen LogP contribution in [0.3, 0.4) is 0 Å². The van der Waals surface area contributed by atoms with Gasteiger partial charge in [0.05, 0.1) is 0 Å². The van der Waals surface area contributed by atoms with Crippen LogP contribution in [0.25, 0.3) is 0 Å². The first-order valence-electron chi connectivity index (χ1n) is 4.26. The van der Waals surface area contributed by atoms with E-state index >= 15 is 0 Å². The Kier molecular flexibility index (Phi) is 4.39. The highest BCUT2D eigenvalue weighted by molar-refractivity contribution is 6.43. The molecule has 0 aliphatic carbocycles. The van der Waals surface area contributed by atoms with E-state index in [1.165, 1.54) is 0 Å². The maximum absolute atomic E-state index is 11.8. The van der Waals surface area contributed by atoms with Crippen molar-refractivity contribution in [3.05, 3.63) is 48.0 Å². The molecule has 0 bridgehead atoms. The van der Waals surface area contributed by atoms with E-state index < -0.39 is 9.46 Å². The minimum atomic E-state index is -3.38. The highest BCUT2D eigenvalue weighted by atomic mass is 28.4. The van der Waals surface area contributed by atoms with Crippen molar-refractivity contribution in [1.29, 1.82) is 0 Å². The molecule has 0 N–H and O–H groups in total. The number of hydrogen-bond acceptors (Lipinski definition) is 0. The van der Waals surface area contributed by atoms with E-state index in [-0.39, 0.29) is 6.04 Å². The first-order chi connectivity index (χ1) is 6.29. The van der Waals surface area contributed by atoms with Gasteiger partial charge in [-0.05, 0) is 12.0 Å². The molecule has 0 unspecified atom stereocenters. The van der Waals surface area contributed by atoms with E-state index in [1.54, 1.807) is 6.08 Å². The zero-order valence-electron chi connectivity index (χ0n) is 7.29. The Morgan fingerprint density at radius 3 is 2.38 bits per heavy atom. The lowest BCUT2D eigenvalue weighted by Crippen LogP contribution is -1.91. The molecular formula is C10H12F2Si. The van der Waals surface area contributed by atoms with Crippen LogP contribution >= 0.6 is 0 Å². The number of benzene rings is 1. The lowest BCUT2D eigenvalue weighted by Gasteiger charge is -1.93. The SMILES string of the molecule is F[SiH](F)CC=CCc1ccccc1. The summed E-state index contributed by atoms with van der Waals surface area (Å²) in [4.78, 5) is 0. The molecule has 0 nitrogen and oxygen atoms in total. The molecule has 0 aliphatic rings. The van der Waals surface area contributed by atoms with Gasteiger partial charge in [-0.15, -0.1) is 0 Å². The van der Waals surface area contributed by atoms with Crippen molar-refractivity contribution in [1.82, 2.24) is 0 Å². The molecule has 0 fully saturated rings. The van der Waals surface area contributed by atoms with Gasteiger partial charge in [0.15, 0.2) is 0 Å². The predicted octanol–water partition coefficient (Wildman–Crippen LogP) is 2.94. The van der Waals surface area contributed by atoms with Gasteiger partial charge in [0, 0.05) is 6.04 Å². The molecule has 70 valence electrons. The van der Waals surface area contributed by atoms with Gasteiger partial charge < -0.3 is 0 Å². The molecule has 1 aromatic carbocycles. The van der Waals surface area contributed by atoms with E-state index in [0.717, 1.165) is 12.0 Å². The van der Waals surface area contributed by atoms with Crippen LogP contribution in [0.15, 0.2) is 42.5 Å². The van der Waals surface area contributed by atoms with Gasteiger partial charge in [0.1, 0.15) is 0 Å². The molecule has 0 aromatic heterocycles. The van der Waals surface area contributed by atoms with E-state index in [4.69, 9.17) is 0 Å². The van der Waals surface area contributed by atoms with Crippen LogP contribution in [-0.2, 0) is 6.42 Å². The smallest absolute Gasteiger partial charge is 0.274 e. The second-order valence-electron chi connectivity index (χ2n) is 2.79. The van der Waals surface area contributed by atoms with Gasteiger partial charge in [-0.2, -0.15) is 0 Å². The van der Waals surface area contributed by atoms with Gasteiger partial charge in [0.2, 0.25) is 0 Å². The lowest BCUT2D eigenvalue weighted by molar-refractivity contribution is 0.663. The topological polar surface area (TPSA) is 0 Å². The lowest BCUT2D eigenvalue weighted by atomic mass is 10.1. The van der Waals surface area contributed by atoms with Gasteiger partial charge >= 0.3 is 9.46 Å². The third-order valence-corrected chi connectivity index (χ3v) is 2.31. The van der Waals surface area contributed by atoms with Crippen molar-refractivity contribution >= 4 is 9.46 Å². The molecule has 1 rings (SSSR count). The molecule has 0 saturated carbocycles. The van der Waals surface area contributed by atoms with Crippen molar-refractivity contribution in [3.8, 4) is 0 Å². The summed E-state index contributed by atoms with van der Waals surface area (Å²) in [7, 11) is -3.38. The van der Waals surface area contributed by atoms with Crippen LogP contribution in [0, 0.1) is 0 Å². The molecule has 13 heavy (non-hydrogen) atoms. The summed E-state index contributed by atoms with van der Waals surface area (Å²) in [6.07, 6.45) is 4.15. The quantitative estimate of drug-likeness (QED) is 0.396. The largest absolute Gasteiger partial charge is 0.415 e. The molecule has 0 heterocycles. The van der Waals surface area contributed by atoms with Gasteiger partial charge in [-0.1, -0.05) is 42.5 Å². The first-order valence-corrected chi connectivity index (χ1v) is 5.95. The van der Waals surface area contributed by atoms with Crippen LogP contribution in [0.1, 0.15) is 5.56 Å². The Labute approximate surface area is 78.9 Å². The number of hydrogen-bond donors (Lipinski definition) is 0. The number of allylic oxidation sites excluding steroid dienone is 2. The second-order valence-corrected chi connectivity index (χ2v) is 4.04. The fourth-order valence-corrected chi connectivity index (χ4v) is 1.43. The summed E-state index contributed by atoms with van der Waals surface area (Å²) in [5.41, 5.74) is 1.16. The van der Waals surface area contributed by atoms with E-state index in [0.29, 0.717) is 0 Å². The van der Waals surface area contributed by atoms with Crippen molar-refractivity contribution < 1.29 is 8.22 Å². The van der Waals surface area contributed by atoms with Crippen LogP contribution in [0.2, 0.25) is 6.04 Å². The Morgan fingerprint density at radius 2 is 1.77 bits per heavy atom. The van der Waals surface area contributed by atoms with Crippen molar-refractivity contribution in [3.63, 3.8) is 0 Å². The molecular weight excluding hydrogens is 186 g/mol. The fourth-order valence-electron chi connectivity index (χ4n) is 1.03. The minimum Gasteiger partial charge on any atom is -0.274 e. The molecule has 0 atom stereocenters. The predicted molar refractivity (Wildman–Crippen MR) is 53.5 cm³/mol. The maximum atomic E-state index is 11.8. The van der Waals surface area contributed by atoms with Crippen molar-refractivity contribution in [2.24, 2.45) is 0 Å². The average Bonchev–Trinajstić information content (AvgIpc) is 2.14. The number of rotatable bonds is 4. The third-order valence-electron chi connectivity index (χ3n) is 1.68. The van der Waals surface area contributed by atoms with Gasteiger partial charge in [-0.25, -0.2) is 0 Å². The monoisotopic (exact) mass is 198 g/mol. The molecule has 3 heteroatoms. The van der Waals surface area contributed by atoms with Crippen molar-refractivity contribution in [2.45, 2.75) is 12.5 Å². The van der Waals surface area contributed by atoms with Crippen LogP contribution in [0.4, 0.5) is 8.22 Å². The standard InChI is InChI=1S/C10H12F2Si/c11-13(12)9-5-4-8-10-6-2-1-3-7-10/h1-7,13H,8-9H2. The second kappa shape index (κ2) is 5.64. The normalized spacial score (nSPS) is 11.3. The van der Waals surface area contributed by atoms with E-state index in [1.807, 2.05) is 36.4 Å². The molecule has 0 spiro atoms.